The Bertz CT molecular complexity index is 3330. The third kappa shape index (κ3) is 11.5. The summed E-state index contributed by atoms with van der Waals surface area (Å²) in [6.45, 7) is 13.9. The Labute approximate surface area is 454 Å². The first kappa shape index (κ1) is 51.9. The maximum Gasteiger partial charge on any atom is 0.358 e. The van der Waals surface area contributed by atoms with Crippen molar-refractivity contribution in [2.45, 2.75) is 116 Å². The number of amides is 3. The molecule has 16 heteroatoms. The van der Waals surface area contributed by atoms with Gasteiger partial charge < -0.3 is 19.3 Å². The zero-order valence-electron chi connectivity index (χ0n) is 44.9. The number of carbonyl (C=O) groups excluding carboxylic acids is 4. The van der Waals surface area contributed by atoms with E-state index in [1.165, 1.54) is 36.3 Å². The molecule has 6 heterocycles. The Morgan fingerprint density at radius 1 is 0.818 bits per heavy atom. The number of anilines is 3. The zero-order chi connectivity index (χ0) is 53.4. The number of rotatable bonds is 14. The summed E-state index contributed by atoms with van der Waals surface area (Å²) in [5, 5.41) is 11.8. The summed E-state index contributed by atoms with van der Waals surface area (Å²) in [7, 11) is 1.93. The summed E-state index contributed by atoms with van der Waals surface area (Å²) in [5.74, 6) is 0.609. The van der Waals surface area contributed by atoms with Crippen molar-refractivity contribution < 1.29 is 28.7 Å². The third-order valence-electron chi connectivity index (χ3n) is 16.0. The minimum absolute atomic E-state index is 0.128. The van der Waals surface area contributed by atoms with Crippen molar-refractivity contribution in [2.75, 3.05) is 54.4 Å². The second-order valence-electron chi connectivity index (χ2n) is 22.4. The van der Waals surface area contributed by atoms with Gasteiger partial charge in [-0.1, -0.05) is 60.6 Å². The van der Waals surface area contributed by atoms with Crippen LogP contribution >= 0.6 is 11.3 Å². The predicted molar refractivity (Wildman–Crippen MR) is 303 cm³/mol. The van der Waals surface area contributed by atoms with Crippen LogP contribution in [0.25, 0.3) is 32.2 Å². The number of unbranched alkanes of at least 4 members (excludes halogenated alkanes) is 1. The Morgan fingerprint density at radius 3 is 2.42 bits per heavy atom. The lowest BCUT2D eigenvalue weighted by molar-refractivity contribution is -0.134. The average Bonchev–Trinajstić information content (AvgIpc) is 4.09. The summed E-state index contributed by atoms with van der Waals surface area (Å²) in [6, 6.07) is 30.2. The van der Waals surface area contributed by atoms with Crippen LogP contribution in [0.5, 0.6) is 5.75 Å². The van der Waals surface area contributed by atoms with Crippen LogP contribution in [0.3, 0.4) is 0 Å². The number of carbonyl (C=O) groups is 4. The molecule has 0 bridgehead atoms. The van der Waals surface area contributed by atoms with E-state index in [2.05, 4.69) is 61.5 Å². The number of hydrogen-bond donors (Lipinski definition) is 2. The van der Waals surface area contributed by atoms with Gasteiger partial charge in [0.2, 0.25) is 11.8 Å². The molecule has 4 aliphatic rings. The van der Waals surface area contributed by atoms with E-state index in [9.17, 15) is 19.2 Å². The number of piperidine rings is 1. The normalized spacial score (nSPS) is 19.3. The molecular weight excluding hydrogens is 987 g/mol. The molecule has 3 aliphatic heterocycles. The SMILES string of the molecule is Cc1c(OC2CCC(CCCCN3CCN(c4ccc5c(C6CCC(=O)NC6=O)nn(C)c5c4)CC3)CC2)cccc1-c1ccc(N2CCc3cccc(C(=O)Nc4nc5ccccc5s4)c3C2)nc1C(=O)OC(C)(C)C. The average molecular weight is 1060 g/mol. The van der Waals surface area contributed by atoms with Gasteiger partial charge in [-0.25, -0.2) is 14.8 Å². The van der Waals surface area contributed by atoms with Gasteiger partial charge in [0.15, 0.2) is 10.8 Å². The Kier molecular flexibility index (Phi) is 14.9. The van der Waals surface area contributed by atoms with Crippen molar-refractivity contribution in [1.29, 1.82) is 0 Å². The van der Waals surface area contributed by atoms with Gasteiger partial charge in [-0.05, 0) is 162 Å². The van der Waals surface area contributed by atoms with E-state index in [1.807, 2.05) is 99.2 Å². The van der Waals surface area contributed by atoms with E-state index >= 15 is 0 Å². The van der Waals surface area contributed by atoms with Crippen molar-refractivity contribution in [1.82, 2.24) is 30.0 Å². The van der Waals surface area contributed by atoms with E-state index in [1.54, 1.807) is 0 Å². The molecule has 1 atom stereocenters. The Hall–Kier alpha value is -7.17. The summed E-state index contributed by atoms with van der Waals surface area (Å²) in [5.41, 5.74) is 8.47. The van der Waals surface area contributed by atoms with Gasteiger partial charge in [-0.2, -0.15) is 5.10 Å². The fourth-order valence-corrected chi connectivity index (χ4v) is 12.7. The lowest BCUT2D eigenvalue weighted by Crippen LogP contribution is -2.46. The second kappa shape index (κ2) is 22.1. The van der Waals surface area contributed by atoms with Gasteiger partial charge in [-0.3, -0.25) is 34.6 Å². The van der Waals surface area contributed by atoms with E-state index in [-0.39, 0.29) is 29.5 Å². The highest BCUT2D eigenvalue weighted by Crippen LogP contribution is 2.39. The van der Waals surface area contributed by atoms with Crippen molar-refractivity contribution in [3.05, 3.63) is 125 Å². The van der Waals surface area contributed by atoms with Gasteiger partial charge in [0.1, 0.15) is 17.2 Å². The van der Waals surface area contributed by atoms with Gasteiger partial charge in [0.25, 0.3) is 5.91 Å². The number of thiazole rings is 1. The zero-order valence-corrected chi connectivity index (χ0v) is 45.7. The van der Waals surface area contributed by atoms with Crippen LogP contribution in [-0.2, 0) is 34.3 Å². The van der Waals surface area contributed by atoms with E-state index in [4.69, 9.17) is 19.6 Å². The molecule has 11 rings (SSSR count). The number of piperazine rings is 1. The van der Waals surface area contributed by atoms with Crippen molar-refractivity contribution in [2.24, 2.45) is 13.0 Å². The highest BCUT2D eigenvalue weighted by atomic mass is 32.1. The number of nitrogens with one attached hydrogen (secondary N) is 2. The maximum absolute atomic E-state index is 14.1. The van der Waals surface area contributed by atoms with Crippen LogP contribution in [0.15, 0.2) is 91.0 Å². The van der Waals surface area contributed by atoms with E-state index < -0.39 is 17.5 Å². The molecule has 1 saturated carbocycles. The number of aryl methyl sites for hydroxylation is 1. The molecule has 15 nitrogen and oxygen atoms in total. The topological polar surface area (TPSA) is 164 Å². The first-order valence-corrected chi connectivity index (χ1v) is 28.3. The lowest BCUT2D eigenvalue weighted by Gasteiger charge is -2.36. The van der Waals surface area contributed by atoms with Gasteiger partial charge in [-0.15, -0.1) is 0 Å². The fourth-order valence-electron chi connectivity index (χ4n) is 11.8. The van der Waals surface area contributed by atoms with Gasteiger partial charge in [0, 0.05) is 74.9 Å². The fraction of sp³-hybridized carbons (Fsp3) is 0.426. The summed E-state index contributed by atoms with van der Waals surface area (Å²) in [4.78, 5) is 69.2. The van der Waals surface area contributed by atoms with Gasteiger partial charge >= 0.3 is 5.97 Å². The molecule has 1 aliphatic carbocycles. The van der Waals surface area contributed by atoms with Crippen LogP contribution in [-0.4, -0.2) is 99.3 Å². The molecule has 2 N–H and O–H groups in total. The molecule has 400 valence electrons. The number of para-hydroxylation sites is 1. The molecule has 0 spiro atoms. The predicted octanol–water partition coefficient (Wildman–Crippen LogP) is 10.8. The van der Waals surface area contributed by atoms with Crippen LogP contribution < -0.4 is 25.2 Å². The Morgan fingerprint density at radius 2 is 1.62 bits per heavy atom. The molecule has 7 aromatic rings. The number of fused-ring (bicyclic) bond motifs is 3. The highest BCUT2D eigenvalue weighted by Gasteiger charge is 2.33. The highest BCUT2D eigenvalue weighted by molar-refractivity contribution is 7.22. The second-order valence-corrected chi connectivity index (χ2v) is 23.4. The summed E-state index contributed by atoms with van der Waals surface area (Å²) >= 11 is 1.45. The van der Waals surface area contributed by atoms with Crippen LogP contribution in [0.2, 0.25) is 0 Å². The Balaban J connectivity index is 0.676. The largest absolute Gasteiger partial charge is 0.490 e. The lowest BCUT2D eigenvalue weighted by atomic mass is 9.84. The molecule has 2 saturated heterocycles. The minimum Gasteiger partial charge on any atom is -0.490 e. The number of ether oxygens (including phenoxy) is 2. The van der Waals surface area contributed by atoms with Crippen molar-refractivity contribution in [3.63, 3.8) is 0 Å². The number of benzene rings is 4. The molecule has 0 radical (unpaired) electrons. The molecule has 4 aromatic carbocycles. The summed E-state index contributed by atoms with van der Waals surface area (Å²) < 4.78 is 15.7. The van der Waals surface area contributed by atoms with Gasteiger partial charge in [0.05, 0.1) is 33.4 Å². The first-order chi connectivity index (χ1) is 37.2. The number of pyridine rings is 1. The van der Waals surface area contributed by atoms with Crippen LogP contribution in [0.1, 0.15) is 128 Å². The smallest absolute Gasteiger partial charge is 0.358 e. The van der Waals surface area contributed by atoms with Crippen LogP contribution in [0, 0.1) is 12.8 Å². The maximum atomic E-state index is 14.1. The first-order valence-electron chi connectivity index (χ1n) is 27.5. The van der Waals surface area contributed by atoms with E-state index in [0.29, 0.717) is 53.9 Å². The number of imide groups is 1. The standard InChI is InChI=1S/C61H69N9O6S/c1-38-43(44-25-27-53(63-56(44)59(74)76-61(2,3)4)70-31-29-40-13-10-15-45(48(40)37-70)57(72)65-60-62-49-16-6-7-18-52(49)77-60)14-11-17-51(38)75-42-22-19-39(20-23-42)12-8-9-30-68-32-34-69(35-33-68)41-21-24-46-50(36-41)67(5)66-55(46)47-26-28-54(71)64-58(47)73/h6-7,10-11,13-18,21,24-25,27,36,39,42,47H,8-9,12,19-20,22-23,26,28-35,37H2,1-5H3,(H,62,65,72)(H,64,71,73). The third-order valence-corrected chi connectivity index (χ3v) is 16.9. The van der Waals surface area contributed by atoms with Crippen molar-refractivity contribution >= 4 is 72.8 Å². The molecule has 3 fully saturated rings. The van der Waals surface area contributed by atoms with E-state index in [0.717, 1.165) is 120 Å². The molecule has 1 unspecified atom stereocenters. The summed E-state index contributed by atoms with van der Waals surface area (Å²) in [6.07, 6.45) is 9.69. The minimum atomic E-state index is -0.730. The number of hydrogen-bond acceptors (Lipinski definition) is 13. The number of esters is 1. The molecule has 77 heavy (non-hydrogen) atoms. The monoisotopic (exact) mass is 1060 g/mol. The van der Waals surface area contributed by atoms with Crippen molar-refractivity contribution in [3.8, 4) is 16.9 Å². The number of nitrogens with zero attached hydrogens (tertiary/aromatic N) is 7. The molecule has 3 amide bonds. The van der Waals surface area contributed by atoms with Crippen LogP contribution in [0.4, 0.5) is 16.6 Å². The molecule has 3 aromatic heterocycles. The quantitative estimate of drug-likeness (QED) is 0.0603. The molecular formula is C61H69N9O6S. The number of aromatic nitrogens is 4.